The Morgan fingerprint density at radius 3 is 2.62 bits per heavy atom. The summed E-state index contributed by atoms with van der Waals surface area (Å²) in [5, 5.41) is 0. The fraction of sp³-hybridized carbons (Fsp3) is 0.500. The van der Waals surface area contributed by atoms with E-state index in [2.05, 4.69) is 0 Å². The van der Waals surface area contributed by atoms with E-state index in [1.165, 1.54) is 0 Å². The van der Waals surface area contributed by atoms with E-state index in [0.29, 0.717) is 13.2 Å². The average Bonchev–Trinajstić information content (AvgIpc) is 3.04. The second kappa shape index (κ2) is 6.26. The van der Waals surface area contributed by atoms with E-state index in [-0.39, 0.29) is 18.4 Å². The minimum Gasteiger partial charge on any atom is -0.369 e. The lowest BCUT2D eigenvalue weighted by Crippen LogP contribution is -2.56. The number of morpholine rings is 1. The Labute approximate surface area is 124 Å². The van der Waals surface area contributed by atoms with Crippen molar-refractivity contribution in [2.45, 2.75) is 25.4 Å². The van der Waals surface area contributed by atoms with Crippen molar-refractivity contribution in [2.24, 2.45) is 0 Å². The summed E-state index contributed by atoms with van der Waals surface area (Å²) < 4.78 is 5.30. The van der Waals surface area contributed by atoms with Gasteiger partial charge < -0.3 is 14.5 Å². The molecule has 112 valence electrons. The van der Waals surface area contributed by atoms with Gasteiger partial charge in [0.15, 0.2) is 0 Å². The van der Waals surface area contributed by atoms with Crippen LogP contribution in [-0.2, 0) is 20.9 Å². The van der Waals surface area contributed by atoms with Crippen LogP contribution >= 0.6 is 0 Å². The fourth-order valence-corrected chi connectivity index (χ4v) is 2.94. The zero-order valence-corrected chi connectivity index (χ0v) is 12.0. The number of rotatable bonds is 3. The van der Waals surface area contributed by atoms with Crippen LogP contribution in [0.1, 0.15) is 18.4 Å². The lowest BCUT2D eigenvalue weighted by molar-refractivity contribution is -0.159. The molecule has 1 aromatic carbocycles. The zero-order valence-electron chi connectivity index (χ0n) is 12.0. The number of nitrogens with zero attached hydrogens (tertiary/aromatic N) is 2. The molecule has 0 saturated carbocycles. The third-order valence-electron chi connectivity index (χ3n) is 4.10. The highest BCUT2D eigenvalue weighted by atomic mass is 16.5. The van der Waals surface area contributed by atoms with Crippen LogP contribution in [0.2, 0.25) is 0 Å². The largest absolute Gasteiger partial charge is 0.369 e. The van der Waals surface area contributed by atoms with Gasteiger partial charge in [-0.25, -0.2) is 0 Å². The number of carbonyl (C=O) groups is 2. The highest BCUT2D eigenvalue weighted by Crippen LogP contribution is 2.18. The molecular formula is C16H20N2O3. The molecule has 0 bridgehead atoms. The first-order valence-electron chi connectivity index (χ1n) is 7.45. The van der Waals surface area contributed by atoms with Crippen LogP contribution in [0.3, 0.4) is 0 Å². The van der Waals surface area contributed by atoms with Gasteiger partial charge in [0.05, 0.1) is 6.61 Å². The molecule has 0 spiro atoms. The number of benzene rings is 1. The fourth-order valence-electron chi connectivity index (χ4n) is 2.94. The van der Waals surface area contributed by atoms with Crippen molar-refractivity contribution < 1.29 is 14.3 Å². The summed E-state index contributed by atoms with van der Waals surface area (Å²) in [6, 6.07) is 9.29. The third-order valence-corrected chi connectivity index (χ3v) is 4.10. The van der Waals surface area contributed by atoms with Crippen LogP contribution in [-0.4, -0.2) is 54.0 Å². The van der Waals surface area contributed by atoms with Gasteiger partial charge >= 0.3 is 0 Å². The maximum Gasteiger partial charge on any atom is 0.249 e. The second-order valence-corrected chi connectivity index (χ2v) is 5.57. The van der Waals surface area contributed by atoms with Gasteiger partial charge in [-0.05, 0) is 18.4 Å². The van der Waals surface area contributed by atoms with Crippen molar-refractivity contribution in [2.75, 3.05) is 26.3 Å². The monoisotopic (exact) mass is 288 g/mol. The van der Waals surface area contributed by atoms with Gasteiger partial charge in [-0.2, -0.15) is 0 Å². The summed E-state index contributed by atoms with van der Waals surface area (Å²) >= 11 is 0. The van der Waals surface area contributed by atoms with Gasteiger partial charge in [-0.15, -0.1) is 0 Å². The van der Waals surface area contributed by atoms with E-state index in [0.717, 1.165) is 31.5 Å². The quantitative estimate of drug-likeness (QED) is 0.835. The first-order valence-corrected chi connectivity index (χ1v) is 7.45. The van der Waals surface area contributed by atoms with E-state index in [1.54, 1.807) is 4.90 Å². The second-order valence-electron chi connectivity index (χ2n) is 5.57. The topological polar surface area (TPSA) is 49.9 Å². The van der Waals surface area contributed by atoms with Gasteiger partial charge in [-0.3, -0.25) is 9.59 Å². The Bertz CT molecular complexity index is 512. The lowest BCUT2D eigenvalue weighted by atomic mass is 10.1. The van der Waals surface area contributed by atoms with Gasteiger partial charge in [-0.1, -0.05) is 30.3 Å². The highest BCUT2D eigenvalue weighted by molar-refractivity contribution is 5.89. The highest BCUT2D eigenvalue weighted by Gasteiger charge is 2.37. The molecule has 2 aliphatic heterocycles. The van der Waals surface area contributed by atoms with Gasteiger partial charge in [0.2, 0.25) is 11.8 Å². The maximum absolute atomic E-state index is 12.6. The zero-order chi connectivity index (χ0) is 14.7. The van der Waals surface area contributed by atoms with Gasteiger partial charge in [0.25, 0.3) is 0 Å². The number of ether oxygens (including phenoxy) is 1. The summed E-state index contributed by atoms with van der Waals surface area (Å²) in [6.07, 6.45) is 2.10. The molecule has 5 nitrogen and oxygen atoms in total. The summed E-state index contributed by atoms with van der Waals surface area (Å²) in [5.41, 5.74) is 1.03. The smallest absolute Gasteiger partial charge is 0.249 e. The molecule has 0 unspecified atom stereocenters. The molecule has 3 rings (SSSR count). The number of amides is 2. The summed E-state index contributed by atoms with van der Waals surface area (Å²) in [7, 11) is 0. The minimum absolute atomic E-state index is 0.0245. The van der Waals surface area contributed by atoms with Crippen molar-refractivity contribution in [3.8, 4) is 0 Å². The molecule has 2 aliphatic rings. The Balaban J connectivity index is 1.76. The summed E-state index contributed by atoms with van der Waals surface area (Å²) in [5.74, 6) is -0.0841. The SMILES string of the molecule is O=C([C@@H]1COCC(=O)N1Cc1ccccc1)N1CCCC1. The van der Waals surface area contributed by atoms with E-state index in [1.807, 2.05) is 35.2 Å². The predicted octanol–water partition coefficient (Wildman–Crippen LogP) is 1.04. The number of carbonyl (C=O) groups excluding carboxylic acids is 2. The number of hydrogen-bond acceptors (Lipinski definition) is 3. The predicted molar refractivity (Wildman–Crippen MR) is 77.4 cm³/mol. The van der Waals surface area contributed by atoms with Crippen molar-refractivity contribution >= 4 is 11.8 Å². The van der Waals surface area contributed by atoms with E-state index in [9.17, 15) is 9.59 Å². The number of hydrogen-bond donors (Lipinski definition) is 0. The van der Waals surface area contributed by atoms with Crippen LogP contribution in [0.5, 0.6) is 0 Å². The summed E-state index contributed by atoms with van der Waals surface area (Å²) in [6.45, 7) is 2.42. The van der Waals surface area contributed by atoms with E-state index < -0.39 is 6.04 Å². The molecule has 1 aromatic rings. The maximum atomic E-state index is 12.6. The van der Waals surface area contributed by atoms with Gasteiger partial charge in [0.1, 0.15) is 12.6 Å². The molecule has 1 atom stereocenters. The van der Waals surface area contributed by atoms with Gasteiger partial charge in [0, 0.05) is 19.6 Å². The molecule has 2 amide bonds. The van der Waals surface area contributed by atoms with Crippen LogP contribution in [0, 0.1) is 0 Å². The lowest BCUT2D eigenvalue weighted by Gasteiger charge is -2.36. The Hall–Kier alpha value is -1.88. The molecule has 0 aromatic heterocycles. The average molecular weight is 288 g/mol. The van der Waals surface area contributed by atoms with Crippen LogP contribution in [0.15, 0.2) is 30.3 Å². The van der Waals surface area contributed by atoms with Crippen molar-refractivity contribution in [1.29, 1.82) is 0 Å². The van der Waals surface area contributed by atoms with Crippen LogP contribution in [0.25, 0.3) is 0 Å². The van der Waals surface area contributed by atoms with Crippen LogP contribution in [0.4, 0.5) is 0 Å². The van der Waals surface area contributed by atoms with Crippen molar-refractivity contribution in [3.05, 3.63) is 35.9 Å². The summed E-state index contributed by atoms with van der Waals surface area (Å²) in [4.78, 5) is 28.3. The first kappa shape index (κ1) is 14.1. The molecule has 0 radical (unpaired) electrons. The third kappa shape index (κ3) is 3.08. The molecule has 2 fully saturated rings. The first-order chi connectivity index (χ1) is 10.3. The Morgan fingerprint density at radius 1 is 1.19 bits per heavy atom. The number of likely N-dealkylation sites (tertiary alicyclic amines) is 1. The van der Waals surface area contributed by atoms with Crippen LogP contribution < -0.4 is 0 Å². The standard InChI is InChI=1S/C16H20N2O3/c19-15-12-21-11-14(16(20)17-8-4-5-9-17)18(15)10-13-6-2-1-3-7-13/h1-3,6-7,14H,4-5,8-12H2/t14-/m0/s1. The molecule has 0 aliphatic carbocycles. The van der Waals surface area contributed by atoms with E-state index >= 15 is 0 Å². The Morgan fingerprint density at radius 2 is 1.90 bits per heavy atom. The molecule has 2 heterocycles. The molecule has 2 saturated heterocycles. The van der Waals surface area contributed by atoms with Crippen molar-refractivity contribution in [3.63, 3.8) is 0 Å². The Kier molecular flexibility index (Phi) is 4.20. The molecule has 5 heteroatoms. The minimum atomic E-state index is -0.482. The van der Waals surface area contributed by atoms with Crippen molar-refractivity contribution in [1.82, 2.24) is 9.80 Å². The van der Waals surface area contributed by atoms with E-state index in [4.69, 9.17) is 4.74 Å². The normalized spacial score (nSPS) is 22.7. The molecular weight excluding hydrogens is 268 g/mol. The molecule has 21 heavy (non-hydrogen) atoms. The molecule has 0 N–H and O–H groups in total.